The minimum absolute atomic E-state index is 0.111. The van der Waals surface area contributed by atoms with Crippen molar-refractivity contribution in [3.8, 4) is 0 Å². The first kappa shape index (κ1) is 14.1. The molecule has 0 unspecified atom stereocenters. The molecule has 96 valence electrons. The van der Waals surface area contributed by atoms with Gasteiger partial charge >= 0.3 is 0 Å². The summed E-state index contributed by atoms with van der Waals surface area (Å²) in [7, 11) is 1.65. The van der Waals surface area contributed by atoms with E-state index in [1.165, 1.54) is 4.68 Å². The molecule has 17 heavy (non-hydrogen) atoms. The molecule has 0 bridgehead atoms. The second-order valence-corrected chi connectivity index (χ2v) is 4.19. The summed E-state index contributed by atoms with van der Waals surface area (Å²) < 4.78 is 6.57. The van der Waals surface area contributed by atoms with Crippen LogP contribution in [0.15, 0.2) is 15.5 Å². The van der Waals surface area contributed by atoms with Crippen LogP contribution in [0.4, 0.5) is 5.69 Å². The average Bonchev–Trinajstić information content (AvgIpc) is 2.33. The summed E-state index contributed by atoms with van der Waals surface area (Å²) >= 11 is 3.22. The van der Waals surface area contributed by atoms with Gasteiger partial charge in [-0.3, -0.25) is 4.79 Å². The fourth-order valence-corrected chi connectivity index (χ4v) is 1.73. The van der Waals surface area contributed by atoms with Gasteiger partial charge in [0, 0.05) is 20.3 Å². The summed E-state index contributed by atoms with van der Waals surface area (Å²) in [6.45, 7) is 1.46. The second-order valence-electron chi connectivity index (χ2n) is 3.40. The van der Waals surface area contributed by atoms with E-state index in [0.29, 0.717) is 23.3 Å². The summed E-state index contributed by atoms with van der Waals surface area (Å²) in [6, 6.07) is 0. The molecular weight excluding hydrogens is 290 g/mol. The lowest BCUT2D eigenvalue weighted by atomic mass is 10.4. The van der Waals surface area contributed by atoms with Crippen molar-refractivity contribution < 1.29 is 9.84 Å². The van der Waals surface area contributed by atoms with Gasteiger partial charge in [0.25, 0.3) is 5.56 Å². The van der Waals surface area contributed by atoms with Gasteiger partial charge in [-0.05, 0) is 22.4 Å². The van der Waals surface area contributed by atoms with E-state index in [0.717, 1.165) is 6.42 Å². The molecule has 6 nitrogen and oxygen atoms in total. The van der Waals surface area contributed by atoms with Crippen LogP contribution < -0.4 is 10.9 Å². The van der Waals surface area contributed by atoms with Crippen LogP contribution in [-0.2, 0) is 11.3 Å². The van der Waals surface area contributed by atoms with Crippen molar-refractivity contribution in [3.05, 3.63) is 21.0 Å². The Bertz CT molecular complexity index is 408. The van der Waals surface area contributed by atoms with Crippen LogP contribution in [0.1, 0.15) is 6.42 Å². The second kappa shape index (κ2) is 7.41. The highest BCUT2D eigenvalue weighted by atomic mass is 79.9. The zero-order valence-electron chi connectivity index (χ0n) is 9.65. The summed E-state index contributed by atoms with van der Waals surface area (Å²) in [4.78, 5) is 11.7. The van der Waals surface area contributed by atoms with Crippen LogP contribution in [0.2, 0.25) is 0 Å². The number of hydrogen-bond acceptors (Lipinski definition) is 5. The molecule has 0 saturated heterocycles. The third-order valence-electron chi connectivity index (χ3n) is 2.14. The van der Waals surface area contributed by atoms with Crippen LogP contribution in [-0.4, -0.2) is 41.8 Å². The van der Waals surface area contributed by atoms with Gasteiger partial charge in [-0.15, -0.1) is 0 Å². The number of hydrogen-bond donors (Lipinski definition) is 2. The van der Waals surface area contributed by atoms with Gasteiger partial charge in [0.05, 0.1) is 25.0 Å². The molecule has 1 aromatic heterocycles. The predicted molar refractivity (Wildman–Crippen MR) is 68.3 cm³/mol. The molecule has 0 aliphatic rings. The average molecular weight is 306 g/mol. The molecule has 0 aliphatic carbocycles. The highest BCUT2D eigenvalue weighted by Crippen LogP contribution is 2.15. The number of halogens is 1. The number of nitrogens with one attached hydrogen (secondary N) is 1. The number of ether oxygens (including phenoxy) is 1. The number of aliphatic hydroxyl groups excluding tert-OH is 1. The van der Waals surface area contributed by atoms with Gasteiger partial charge in [0.2, 0.25) is 0 Å². The van der Waals surface area contributed by atoms with Crippen molar-refractivity contribution >= 4 is 21.6 Å². The van der Waals surface area contributed by atoms with E-state index in [2.05, 4.69) is 26.3 Å². The van der Waals surface area contributed by atoms with E-state index in [1.807, 2.05) is 0 Å². The van der Waals surface area contributed by atoms with Crippen molar-refractivity contribution in [2.45, 2.75) is 13.0 Å². The molecule has 0 amide bonds. The first-order valence-electron chi connectivity index (χ1n) is 5.30. The number of aromatic nitrogens is 2. The Kier molecular flexibility index (Phi) is 6.17. The quantitative estimate of drug-likeness (QED) is 0.715. The van der Waals surface area contributed by atoms with Crippen molar-refractivity contribution in [2.24, 2.45) is 0 Å². The van der Waals surface area contributed by atoms with E-state index in [4.69, 9.17) is 9.84 Å². The fraction of sp³-hybridized carbons (Fsp3) is 0.600. The van der Waals surface area contributed by atoms with E-state index in [-0.39, 0.29) is 18.7 Å². The topological polar surface area (TPSA) is 76.4 Å². The molecule has 0 aliphatic heterocycles. The summed E-state index contributed by atoms with van der Waals surface area (Å²) in [5.41, 5.74) is 0.399. The Labute approximate surface area is 108 Å². The molecule has 0 radical (unpaired) electrons. The van der Waals surface area contributed by atoms with Crippen LogP contribution in [0.3, 0.4) is 0 Å². The largest absolute Gasteiger partial charge is 0.394 e. The van der Waals surface area contributed by atoms with Gasteiger partial charge in [0.15, 0.2) is 0 Å². The monoisotopic (exact) mass is 305 g/mol. The summed E-state index contributed by atoms with van der Waals surface area (Å²) in [6.07, 6.45) is 2.41. The summed E-state index contributed by atoms with van der Waals surface area (Å²) in [5, 5.41) is 15.8. The Morgan fingerprint density at radius 1 is 1.65 bits per heavy atom. The van der Waals surface area contributed by atoms with Crippen molar-refractivity contribution in [3.63, 3.8) is 0 Å². The van der Waals surface area contributed by atoms with Crippen molar-refractivity contribution in [1.29, 1.82) is 0 Å². The Balaban J connectivity index is 2.68. The number of anilines is 1. The van der Waals surface area contributed by atoms with Crippen LogP contribution in [0, 0.1) is 0 Å². The first-order chi connectivity index (χ1) is 8.20. The Morgan fingerprint density at radius 3 is 3.06 bits per heavy atom. The molecule has 0 fully saturated rings. The third-order valence-corrected chi connectivity index (χ3v) is 2.90. The zero-order chi connectivity index (χ0) is 12.7. The lowest BCUT2D eigenvalue weighted by Crippen LogP contribution is -2.26. The van der Waals surface area contributed by atoms with Gasteiger partial charge in [0.1, 0.15) is 4.47 Å². The van der Waals surface area contributed by atoms with Crippen LogP contribution >= 0.6 is 15.9 Å². The van der Waals surface area contributed by atoms with Crippen LogP contribution in [0.25, 0.3) is 0 Å². The number of methoxy groups -OCH3 is 1. The highest BCUT2D eigenvalue weighted by molar-refractivity contribution is 9.10. The normalized spacial score (nSPS) is 10.5. The van der Waals surface area contributed by atoms with Crippen molar-refractivity contribution in [2.75, 3.05) is 32.2 Å². The Hall–Kier alpha value is -0.920. The Morgan fingerprint density at radius 2 is 2.41 bits per heavy atom. The maximum atomic E-state index is 11.7. The van der Waals surface area contributed by atoms with Crippen molar-refractivity contribution in [1.82, 2.24) is 9.78 Å². The number of aliphatic hydroxyl groups is 1. The molecule has 0 atom stereocenters. The van der Waals surface area contributed by atoms with Crippen LogP contribution in [0.5, 0.6) is 0 Å². The molecule has 1 rings (SSSR count). The van der Waals surface area contributed by atoms with E-state index < -0.39 is 0 Å². The summed E-state index contributed by atoms with van der Waals surface area (Å²) in [5.74, 6) is 0. The lowest BCUT2D eigenvalue weighted by molar-refractivity contribution is 0.198. The minimum Gasteiger partial charge on any atom is -0.394 e. The number of rotatable bonds is 7. The number of nitrogens with zero attached hydrogens (tertiary/aromatic N) is 2. The smallest absolute Gasteiger partial charge is 0.283 e. The third kappa shape index (κ3) is 4.10. The molecule has 0 aromatic carbocycles. The maximum absolute atomic E-state index is 11.7. The van der Waals surface area contributed by atoms with Gasteiger partial charge in [-0.25, -0.2) is 4.68 Å². The lowest BCUT2D eigenvalue weighted by Gasteiger charge is -2.09. The fourth-order valence-electron chi connectivity index (χ4n) is 1.28. The minimum atomic E-state index is -0.254. The standard InChI is InChI=1S/C10H16BrN3O3/c1-17-6-2-3-12-8-7-13-14(4-5-15)10(16)9(8)11/h7,12,15H,2-6H2,1H3. The van der Waals surface area contributed by atoms with Gasteiger partial charge in [-0.1, -0.05) is 0 Å². The van der Waals surface area contributed by atoms with E-state index >= 15 is 0 Å². The zero-order valence-corrected chi connectivity index (χ0v) is 11.2. The van der Waals surface area contributed by atoms with E-state index in [9.17, 15) is 4.79 Å². The molecule has 7 heteroatoms. The maximum Gasteiger partial charge on any atom is 0.283 e. The molecule has 0 saturated carbocycles. The molecule has 0 spiro atoms. The van der Waals surface area contributed by atoms with E-state index in [1.54, 1.807) is 13.3 Å². The molecular formula is C10H16BrN3O3. The van der Waals surface area contributed by atoms with Gasteiger partial charge < -0.3 is 15.2 Å². The first-order valence-corrected chi connectivity index (χ1v) is 6.09. The molecule has 1 aromatic rings. The molecule has 2 N–H and O–H groups in total. The predicted octanol–water partition coefficient (Wildman–Crippen LogP) is 0.446. The van der Waals surface area contributed by atoms with Gasteiger partial charge in [-0.2, -0.15) is 5.10 Å². The molecule has 1 heterocycles. The highest BCUT2D eigenvalue weighted by Gasteiger charge is 2.07. The SMILES string of the molecule is COCCCNc1cnn(CCO)c(=O)c1Br.